The third kappa shape index (κ3) is 1.18. The molecule has 0 aliphatic carbocycles. The molecule has 3 rings (SSSR count). The SMILES string of the molecule is C[C@@]12CP(=O)(c3ccccc3)C[C@]1(C)O2. The number of rotatable bonds is 1. The molecule has 2 fully saturated rings. The molecule has 0 spiro atoms. The summed E-state index contributed by atoms with van der Waals surface area (Å²) in [5.74, 6) is 0. The molecule has 1 aromatic rings. The molecule has 3 atom stereocenters. The van der Waals surface area contributed by atoms with Gasteiger partial charge in [-0.05, 0) is 13.8 Å². The van der Waals surface area contributed by atoms with Gasteiger partial charge in [0.05, 0.1) is 0 Å². The number of hydrogen-bond donors (Lipinski definition) is 0. The Morgan fingerprint density at radius 2 is 1.67 bits per heavy atom. The lowest BCUT2D eigenvalue weighted by Crippen LogP contribution is -2.15. The fourth-order valence-electron chi connectivity index (χ4n) is 2.78. The minimum Gasteiger partial charge on any atom is -0.362 e. The first-order valence-electron chi connectivity index (χ1n) is 5.31. The Bertz CT molecular complexity index is 436. The summed E-state index contributed by atoms with van der Waals surface area (Å²) in [4.78, 5) is 0. The van der Waals surface area contributed by atoms with E-state index in [0.29, 0.717) is 12.3 Å². The van der Waals surface area contributed by atoms with E-state index in [4.69, 9.17) is 4.74 Å². The highest BCUT2D eigenvalue weighted by molar-refractivity contribution is 7.72. The van der Waals surface area contributed by atoms with Gasteiger partial charge in [0.25, 0.3) is 0 Å². The van der Waals surface area contributed by atoms with Crippen LogP contribution in [0.1, 0.15) is 13.8 Å². The fraction of sp³-hybridized carbons (Fsp3) is 0.500. The highest BCUT2D eigenvalue weighted by atomic mass is 31.2. The van der Waals surface area contributed by atoms with Gasteiger partial charge in [-0.2, -0.15) is 0 Å². The minimum absolute atomic E-state index is 0.127. The molecule has 0 radical (unpaired) electrons. The van der Waals surface area contributed by atoms with Crippen molar-refractivity contribution < 1.29 is 9.30 Å². The summed E-state index contributed by atoms with van der Waals surface area (Å²) >= 11 is 0. The maximum atomic E-state index is 12.8. The molecular weight excluding hydrogens is 207 g/mol. The number of epoxide rings is 1. The topological polar surface area (TPSA) is 29.6 Å². The first-order valence-corrected chi connectivity index (χ1v) is 7.39. The van der Waals surface area contributed by atoms with Gasteiger partial charge in [0.1, 0.15) is 18.3 Å². The summed E-state index contributed by atoms with van der Waals surface area (Å²) in [6.07, 6.45) is 1.42. The predicted octanol–water partition coefficient (Wildman–Crippen LogP) is 2.24. The van der Waals surface area contributed by atoms with Crippen molar-refractivity contribution in [2.24, 2.45) is 0 Å². The van der Waals surface area contributed by atoms with Gasteiger partial charge >= 0.3 is 0 Å². The largest absolute Gasteiger partial charge is 0.362 e. The van der Waals surface area contributed by atoms with E-state index in [0.717, 1.165) is 5.30 Å². The van der Waals surface area contributed by atoms with Crippen molar-refractivity contribution in [1.29, 1.82) is 0 Å². The van der Waals surface area contributed by atoms with Crippen LogP contribution in [0.25, 0.3) is 0 Å². The molecule has 0 aromatic heterocycles. The first-order chi connectivity index (χ1) is 6.98. The van der Waals surface area contributed by atoms with Crippen molar-refractivity contribution in [3.8, 4) is 0 Å². The number of fused-ring (bicyclic) bond motifs is 1. The minimum atomic E-state index is -2.18. The molecule has 0 N–H and O–H groups in total. The normalized spacial score (nSPS) is 47.6. The molecule has 1 aromatic carbocycles. The molecular formula is C12H15O2P. The smallest absolute Gasteiger partial charge is 0.121 e. The Morgan fingerprint density at radius 3 is 2.20 bits per heavy atom. The summed E-state index contributed by atoms with van der Waals surface area (Å²) in [7, 11) is -2.18. The molecule has 2 aliphatic heterocycles. The van der Waals surface area contributed by atoms with Crippen LogP contribution in [0, 0.1) is 0 Å². The van der Waals surface area contributed by atoms with Crippen LogP contribution < -0.4 is 5.30 Å². The molecule has 2 heterocycles. The van der Waals surface area contributed by atoms with Crippen molar-refractivity contribution in [3.63, 3.8) is 0 Å². The summed E-state index contributed by atoms with van der Waals surface area (Å²) in [6, 6.07) is 9.86. The van der Waals surface area contributed by atoms with E-state index in [-0.39, 0.29) is 11.2 Å². The summed E-state index contributed by atoms with van der Waals surface area (Å²) < 4.78 is 18.5. The average Bonchev–Trinajstić information content (AvgIpc) is 2.59. The predicted molar refractivity (Wildman–Crippen MR) is 61.3 cm³/mol. The van der Waals surface area contributed by atoms with Gasteiger partial charge in [-0.1, -0.05) is 30.3 Å². The van der Waals surface area contributed by atoms with Crippen molar-refractivity contribution in [3.05, 3.63) is 30.3 Å². The molecule has 2 aliphatic rings. The van der Waals surface area contributed by atoms with Crippen LogP contribution in [0.2, 0.25) is 0 Å². The quantitative estimate of drug-likeness (QED) is 0.538. The fourth-order valence-corrected chi connectivity index (χ4v) is 6.72. The molecule has 1 unspecified atom stereocenters. The van der Waals surface area contributed by atoms with E-state index in [1.807, 2.05) is 30.3 Å². The third-order valence-electron chi connectivity index (χ3n) is 3.87. The van der Waals surface area contributed by atoms with Crippen molar-refractivity contribution in [2.75, 3.05) is 12.3 Å². The highest BCUT2D eigenvalue weighted by Gasteiger charge is 2.72. The van der Waals surface area contributed by atoms with Crippen LogP contribution in [-0.2, 0) is 9.30 Å². The number of ether oxygens (including phenoxy) is 1. The molecule has 3 heteroatoms. The van der Waals surface area contributed by atoms with Gasteiger partial charge in [-0.25, -0.2) is 0 Å². The van der Waals surface area contributed by atoms with Gasteiger partial charge < -0.3 is 9.30 Å². The van der Waals surface area contributed by atoms with E-state index in [1.165, 1.54) is 0 Å². The van der Waals surface area contributed by atoms with Crippen LogP contribution in [-0.4, -0.2) is 23.5 Å². The van der Waals surface area contributed by atoms with E-state index < -0.39 is 7.14 Å². The monoisotopic (exact) mass is 222 g/mol. The van der Waals surface area contributed by atoms with Gasteiger partial charge in [0.15, 0.2) is 0 Å². The van der Waals surface area contributed by atoms with Gasteiger partial charge in [-0.15, -0.1) is 0 Å². The van der Waals surface area contributed by atoms with Crippen LogP contribution >= 0.6 is 7.14 Å². The van der Waals surface area contributed by atoms with E-state index in [2.05, 4.69) is 13.8 Å². The Kier molecular flexibility index (Phi) is 1.64. The zero-order chi connectivity index (χ0) is 10.7. The average molecular weight is 222 g/mol. The summed E-state index contributed by atoms with van der Waals surface area (Å²) in [6.45, 7) is 4.16. The summed E-state index contributed by atoms with van der Waals surface area (Å²) in [5, 5.41) is 1.02. The van der Waals surface area contributed by atoms with E-state index in [9.17, 15) is 4.57 Å². The van der Waals surface area contributed by atoms with Crippen molar-refractivity contribution >= 4 is 12.4 Å². The molecule has 0 saturated carbocycles. The van der Waals surface area contributed by atoms with Gasteiger partial charge in [0, 0.05) is 17.6 Å². The second-order valence-corrected chi connectivity index (χ2v) is 8.03. The molecule has 15 heavy (non-hydrogen) atoms. The van der Waals surface area contributed by atoms with Gasteiger partial charge in [-0.3, -0.25) is 0 Å². The lowest BCUT2D eigenvalue weighted by molar-refractivity contribution is 0.289. The maximum absolute atomic E-state index is 12.8. The zero-order valence-electron chi connectivity index (χ0n) is 9.06. The Balaban J connectivity index is 2.00. The molecule has 80 valence electrons. The molecule has 0 amide bonds. The van der Waals surface area contributed by atoms with Crippen LogP contribution in [0.3, 0.4) is 0 Å². The Hall–Kier alpha value is -0.590. The lowest BCUT2D eigenvalue weighted by atomic mass is 10.0. The Morgan fingerprint density at radius 1 is 1.13 bits per heavy atom. The van der Waals surface area contributed by atoms with E-state index in [1.54, 1.807) is 0 Å². The van der Waals surface area contributed by atoms with Crippen LogP contribution in [0.15, 0.2) is 30.3 Å². The molecule has 0 bridgehead atoms. The first kappa shape index (κ1) is 9.62. The lowest BCUT2D eigenvalue weighted by Gasteiger charge is -2.15. The summed E-state index contributed by atoms with van der Waals surface area (Å²) in [5.41, 5.74) is -0.253. The zero-order valence-corrected chi connectivity index (χ0v) is 9.96. The van der Waals surface area contributed by atoms with Crippen LogP contribution in [0.4, 0.5) is 0 Å². The number of hydrogen-bond acceptors (Lipinski definition) is 2. The second kappa shape index (κ2) is 2.56. The molecule has 2 nitrogen and oxygen atoms in total. The second-order valence-electron chi connectivity index (χ2n) is 5.10. The standard InChI is InChI=1S/C12H15O2P/c1-11-8-15(13,9-12(11,2)14-11)10-6-4-3-5-7-10/h3-7H,8-9H2,1-2H3/t11-,12+,15?. The molecule has 2 saturated heterocycles. The number of benzene rings is 1. The van der Waals surface area contributed by atoms with Crippen LogP contribution in [0.5, 0.6) is 0 Å². The van der Waals surface area contributed by atoms with Crippen molar-refractivity contribution in [2.45, 2.75) is 25.0 Å². The maximum Gasteiger partial charge on any atom is 0.121 e. The van der Waals surface area contributed by atoms with Gasteiger partial charge in [0.2, 0.25) is 0 Å². The third-order valence-corrected chi connectivity index (χ3v) is 7.34. The van der Waals surface area contributed by atoms with E-state index >= 15 is 0 Å². The van der Waals surface area contributed by atoms with Crippen molar-refractivity contribution in [1.82, 2.24) is 0 Å². The highest BCUT2D eigenvalue weighted by Crippen LogP contribution is 2.69. The Labute approximate surface area is 90.0 Å².